The molecule has 0 saturated carbocycles. The number of rotatable bonds is 19. The van der Waals surface area contributed by atoms with Gasteiger partial charge in [-0.05, 0) is 91.8 Å². The van der Waals surface area contributed by atoms with Crippen LogP contribution in [0.5, 0.6) is 0 Å². The fraction of sp³-hybridized carbons (Fsp3) is 0.923. The van der Waals surface area contributed by atoms with Crippen LogP contribution in [0.15, 0.2) is 0 Å². The summed E-state index contributed by atoms with van der Waals surface area (Å²) in [4.78, 5) is 0. The average Bonchev–Trinajstić information content (AvgIpc) is 2.81. The van der Waals surface area contributed by atoms with Gasteiger partial charge in [0.25, 0.3) is 0 Å². The fourth-order valence-electron chi connectivity index (χ4n) is 3.04. The zero-order valence-electron chi connectivity index (χ0n) is 25.4. The Morgan fingerprint density at radius 3 is 1.38 bits per heavy atom. The Morgan fingerprint density at radius 1 is 0.649 bits per heavy atom. The van der Waals surface area contributed by atoms with Crippen LogP contribution in [0.2, 0.25) is 69.5 Å². The van der Waals surface area contributed by atoms with Gasteiger partial charge in [-0.2, -0.15) is 0 Å². The first-order valence-corrected chi connectivity index (χ1v) is 26.8. The molecule has 222 valence electrons. The first kappa shape index (κ1) is 40.2. The molecule has 0 saturated heterocycles. The Labute approximate surface area is 252 Å². The van der Waals surface area contributed by atoms with Gasteiger partial charge in [-0.15, -0.1) is 0 Å². The molecule has 0 unspecified atom stereocenters. The van der Waals surface area contributed by atoms with Gasteiger partial charge in [-0.25, -0.2) is 0 Å². The predicted octanol–water partition coefficient (Wildman–Crippen LogP) is 9.29. The second kappa shape index (κ2) is 23.7. The largest absolute Gasteiger partial charge is 0.479 e. The smallest absolute Gasteiger partial charge is 0.219 e. The maximum Gasteiger partial charge on any atom is 0.219 e. The van der Waals surface area contributed by atoms with E-state index in [1.165, 1.54) is 30.2 Å². The standard InChI is InChI=1S/C16H36O2S2Si2.C10H22O2S2Si/c1-7-22(8-2,9-3)18-13-11-10-12-17-16(19)20-14-15-21(4,5)6;1-15(2,3)9-8-14-10(13)12-7-5-4-6-11/h7-15H2,1-6H3;11H,4-9H2,1-3H3. The van der Waals surface area contributed by atoms with Crippen LogP contribution in [-0.4, -0.2) is 76.3 Å². The van der Waals surface area contributed by atoms with Crippen molar-refractivity contribution in [1.29, 1.82) is 0 Å². The lowest BCUT2D eigenvalue weighted by molar-refractivity contribution is 0.253. The van der Waals surface area contributed by atoms with Gasteiger partial charge in [0.15, 0.2) is 8.32 Å². The maximum absolute atomic E-state index is 8.57. The van der Waals surface area contributed by atoms with Crippen LogP contribution < -0.4 is 0 Å². The van der Waals surface area contributed by atoms with Crippen molar-refractivity contribution in [2.24, 2.45) is 0 Å². The lowest BCUT2D eigenvalue weighted by Crippen LogP contribution is -2.36. The summed E-state index contributed by atoms with van der Waals surface area (Å²) in [5.74, 6) is 2.18. The molecule has 1 N–H and O–H groups in total. The highest BCUT2D eigenvalue weighted by Crippen LogP contribution is 2.22. The van der Waals surface area contributed by atoms with E-state index in [0.29, 0.717) is 11.0 Å². The van der Waals surface area contributed by atoms with Gasteiger partial charge in [-0.1, -0.05) is 83.6 Å². The molecule has 0 rings (SSSR count). The summed E-state index contributed by atoms with van der Waals surface area (Å²) in [5, 5.41) is 8.57. The van der Waals surface area contributed by atoms with Crippen LogP contribution in [-0.2, 0) is 13.9 Å². The van der Waals surface area contributed by atoms with Gasteiger partial charge in [0.2, 0.25) is 8.77 Å². The molecule has 11 heteroatoms. The number of unbranched alkanes of at least 4 members (excludes halogenated alkanes) is 2. The van der Waals surface area contributed by atoms with Crippen molar-refractivity contribution in [1.82, 2.24) is 0 Å². The molecule has 0 atom stereocenters. The molecule has 0 bridgehead atoms. The van der Waals surface area contributed by atoms with Gasteiger partial charge < -0.3 is 19.0 Å². The third-order valence-corrected chi connectivity index (χ3v) is 17.4. The predicted molar refractivity (Wildman–Crippen MR) is 187 cm³/mol. The minimum Gasteiger partial charge on any atom is -0.479 e. The molecule has 0 aromatic heterocycles. The summed E-state index contributed by atoms with van der Waals surface area (Å²) in [6.45, 7) is 23.6. The Balaban J connectivity index is 0. The van der Waals surface area contributed by atoms with Gasteiger partial charge in [0.1, 0.15) is 0 Å². The average molecular weight is 647 g/mol. The van der Waals surface area contributed by atoms with Crippen molar-refractivity contribution in [3.63, 3.8) is 0 Å². The number of thiocarbonyl (C=S) groups is 2. The van der Waals surface area contributed by atoms with Crippen LogP contribution in [0.1, 0.15) is 46.5 Å². The SMILES string of the molecule is CC[Si](CC)(CC)OCCCCOC(=S)SCC[Si](C)(C)C.C[Si](C)(C)CCSC(=S)OCCCCO. The quantitative estimate of drug-likeness (QED) is 0.0846. The summed E-state index contributed by atoms with van der Waals surface area (Å²) in [6, 6.07) is 6.27. The van der Waals surface area contributed by atoms with Crippen LogP contribution >= 0.6 is 48.0 Å². The van der Waals surface area contributed by atoms with Crippen molar-refractivity contribution in [3.8, 4) is 0 Å². The number of hydrogen-bond acceptors (Lipinski definition) is 8. The second-order valence-electron chi connectivity index (χ2n) is 11.7. The lowest BCUT2D eigenvalue weighted by Gasteiger charge is -2.27. The molecule has 0 radical (unpaired) electrons. The highest BCUT2D eigenvalue weighted by molar-refractivity contribution is 8.23. The number of ether oxygens (including phenoxy) is 2. The normalized spacial score (nSPS) is 12.1. The Hall–Kier alpha value is 1.05. The van der Waals surface area contributed by atoms with E-state index < -0.39 is 24.5 Å². The van der Waals surface area contributed by atoms with Gasteiger partial charge in [-0.3, -0.25) is 0 Å². The Bertz CT molecular complexity index is 573. The van der Waals surface area contributed by atoms with E-state index in [4.69, 9.17) is 43.4 Å². The summed E-state index contributed by atoms with van der Waals surface area (Å²) >= 11 is 13.7. The number of aliphatic hydroxyl groups excluding tert-OH is 1. The number of thioether (sulfide) groups is 2. The minimum absolute atomic E-state index is 0.235. The third kappa shape index (κ3) is 28.4. The van der Waals surface area contributed by atoms with Crippen LogP contribution in [0.25, 0.3) is 0 Å². The van der Waals surface area contributed by atoms with E-state index in [1.807, 2.05) is 0 Å². The summed E-state index contributed by atoms with van der Waals surface area (Å²) in [6.07, 6.45) is 3.79. The molecule has 37 heavy (non-hydrogen) atoms. The van der Waals surface area contributed by atoms with E-state index in [0.717, 1.165) is 54.8 Å². The van der Waals surface area contributed by atoms with E-state index >= 15 is 0 Å². The van der Waals surface area contributed by atoms with Crippen molar-refractivity contribution in [3.05, 3.63) is 0 Å². The van der Waals surface area contributed by atoms with E-state index in [1.54, 1.807) is 23.5 Å². The van der Waals surface area contributed by atoms with Gasteiger partial charge in [0, 0.05) is 29.4 Å². The summed E-state index contributed by atoms with van der Waals surface area (Å²) in [5.41, 5.74) is 0. The van der Waals surface area contributed by atoms with Crippen molar-refractivity contribution in [2.75, 3.05) is 37.9 Å². The molecular weight excluding hydrogens is 589 g/mol. The zero-order valence-corrected chi connectivity index (χ0v) is 31.7. The molecule has 0 amide bonds. The first-order valence-electron chi connectivity index (χ1n) is 14.1. The topological polar surface area (TPSA) is 47.9 Å². The highest BCUT2D eigenvalue weighted by atomic mass is 32.2. The van der Waals surface area contributed by atoms with Crippen LogP contribution in [0.4, 0.5) is 0 Å². The van der Waals surface area contributed by atoms with Crippen LogP contribution in [0, 0.1) is 0 Å². The van der Waals surface area contributed by atoms with E-state index in [9.17, 15) is 0 Å². The molecule has 0 heterocycles. The third-order valence-electron chi connectivity index (χ3n) is 6.02. The van der Waals surface area contributed by atoms with Gasteiger partial charge in [0.05, 0.1) is 13.2 Å². The number of aliphatic hydroxyl groups is 1. The Kier molecular flexibility index (Phi) is 25.8. The molecule has 0 fully saturated rings. The minimum atomic E-state index is -1.40. The fourth-order valence-corrected chi connectivity index (χ4v) is 12.8. The second-order valence-corrected chi connectivity index (χ2v) is 31.2. The lowest BCUT2D eigenvalue weighted by atomic mass is 10.3. The van der Waals surface area contributed by atoms with Crippen molar-refractivity contribution < 1.29 is 19.0 Å². The summed E-state index contributed by atoms with van der Waals surface area (Å²) < 4.78 is 18.6. The Morgan fingerprint density at radius 2 is 1.03 bits per heavy atom. The molecular formula is C26H58O4S4Si3. The van der Waals surface area contributed by atoms with Crippen molar-refractivity contribution >= 4 is 81.2 Å². The van der Waals surface area contributed by atoms with E-state index in [-0.39, 0.29) is 6.61 Å². The van der Waals surface area contributed by atoms with E-state index in [2.05, 4.69) is 60.1 Å². The maximum atomic E-state index is 8.57. The molecule has 4 nitrogen and oxygen atoms in total. The zero-order chi connectivity index (χ0) is 28.8. The summed E-state index contributed by atoms with van der Waals surface area (Å²) in [7, 11) is -3.29. The molecule has 0 spiro atoms. The van der Waals surface area contributed by atoms with Crippen LogP contribution in [0.3, 0.4) is 0 Å². The molecule has 0 aliphatic heterocycles. The van der Waals surface area contributed by atoms with Gasteiger partial charge >= 0.3 is 0 Å². The molecule has 0 aromatic rings. The monoisotopic (exact) mass is 646 g/mol. The molecule has 0 aliphatic carbocycles. The molecule has 0 aliphatic rings. The molecule has 0 aromatic carbocycles. The highest BCUT2D eigenvalue weighted by Gasteiger charge is 2.28. The first-order chi connectivity index (χ1) is 17.2. The number of hydrogen-bond donors (Lipinski definition) is 1. The van der Waals surface area contributed by atoms with Crippen molar-refractivity contribution in [2.45, 2.75) is 116 Å².